The van der Waals surface area contributed by atoms with Gasteiger partial charge in [-0.1, -0.05) is 18.2 Å². The molecule has 20 heavy (non-hydrogen) atoms. The Bertz CT molecular complexity index is 595. The number of rotatable bonds is 5. The third-order valence-corrected chi connectivity index (χ3v) is 3.88. The van der Waals surface area contributed by atoms with Gasteiger partial charge in [0.15, 0.2) is 6.04 Å². The Morgan fingerprint density at radius 1 is 1.40 bits per heavy atom. The first-order valence-corrected chi connectivity index (χ1v) is 7.40. The Morgan fingerprint density at radius 3 is 2.75 bits per heavy atom. The molecule has 0 saturated heterocycles. The van der Waals surface area contributed by atoms with Crippen LogP contribution in [0.15, 0.2) is 29.6 Å². The van der Waals surface area contributed by atoms with Gasteiger partial charge in [0.2, 0.25) is 0 Å². The van der Waals surface area contributed by atoms with Gasteiger partial charge in [0.05, 0.1) is 6.61 Å². The van der Waals surface area contributed by atoms with Crippen LogP contribution in [0.3, 0.4) is 0 Å². The molecule has 1 aromatic heterocycles. The molecule has 0 bridgehead atoms. The first-order chi connectivity index (χ1) is 9.61. The van der Waals surface area contributed by atoms with E-state index in [1.165, 1.54) is 11.3 Å². The summed E-state index contributed by atoms with van der Waals surface area (Å²) in [4.78, 5) is 16.5. The molecule has 4 nitrogen and oxygen atoms in total. The van der Waals surface area contributed by atoms with Crippen LogP contribution in [0.2, 0.25) is 0 Å². The number of ether oxygens (including phenoxy) is 1. The molecule has 0 aliphatic rings. The monoisotopic (exact) mass is 290 g/mol. The van der Waals surface area contributed by atoms with Crippen molar-refractivity contribution in [1.29, 1.82) is 0 Å². The van der Waals surface area contributed by atoms with Crippen LogP contribution in [0.25, 0.3) is 0 Å². The van der Waals surface area contributed by atoms with Crippen LogP contribution in [0, 0.1) is 13.8 Å². The minimum absolute atomic E-state index is 0.301. The number of nitrogens with one attached hydrogen (secondary N) is 1. The van der Waals surface area contributed by atoms with Crippen molar-refractivity contribution in [2.45, 2.75) is 26.8 Å². The maximum absolute atomic E-state index is 12.2. The van der Waals surface area contributed by atoms with Gasteiger partial charge in [-0.15, -0.1) is 11.3 Å². The van der Waals surface area contributed by atoms with Crippen molar-refractivity contribution in [3.05, 3.63) is 45.9 Å². The number of para-hydroxylation sites is 1. The van der Waals surface area contributed by atoms with E-state index in [0.717, 1.165) is 22.0 Å². The second-order valence-electron chi connectivity index (χ2n) is 4.47. The molecule has 0 aliphatic heterocycles. The normalized spacial score (nSPS) is 11.9. The minimum Gasteiger partial charge on any atom is -0.464 e. The van der Waals surface area contributed by atoms with Gasteiger partial charge in [-0.3, -0.25) is 0 Å². The maximum Gasteiger partial charge on any atom is 0.335 e. The van der Waals surface area contributed by atoms with Gasteiger partial charge in [0, 0.05) is 16.8 Å². The Labute approximate surface area is 122 Å². The number of benzene rings is 1. The van der Waals surface area contributed by atoms with Gasteiger partial charge < -0.3 is 10.1 Å². The SMILES string of the molecule is CCOC(=O)C(Nc1ccccc1C)c1nc(C)cs1. The van der Waals surface area contributed by atoms with Crippen LogP contribution in [0.5, 0.6) is 0 Å². The molecule has 2 rings (SSSR count). The average molecular weight is 290 g/mol. The predicted octanol–water partition coefficient (Wildman–Crippen LogP) is 3.48. The van der Waals surface area contributed by atoms with E-state index in [9.17, 15) is 4.79 Å². The van der Waals surface area contributed by atoms with E-state index < -0.39 is 6.04 Å². The molecule has 1 atom stereocenters. The Hall–Kier alpha value is -1.88. The highest BCUT2D eigenvalue weighted by molar-refractivity contribution is 7.09. The number of carbonyl (C=O) groups excluding carboxylic acids is 1. The van der Waals surface area contributed by atoms with Crippen molar-refractivity contribution in [3.63, 3.8) is 0 Å². The summed E-state index contributed by atoms with van der Waals surface area (Å²) in [5.41, 5.74) is 2.90. The van der Waals surface area contributed by atoms with Gasteiger partial charge in [0.1, 0.15) is 5.01 Å². The summed E-state index contributed by atoms with van der Waals surface area (Å²) in [5.74, 6) is -0.301. The van der Waals surface area contributed by atoms with Crippen molar-refractivity contribution in [2.75, 3.05) is 11.9 Å². The number of carbonyl (C=O) groups is 1. The standard InChI is InChI=1S/C15H18N2O2S/c1-4-19-15(18)13(14-16-11(3)9-20-14)17-12-8-6-5-7-10(12)2/h5-9,13,17H,4H2,1-3H3. The lowest BCUT2D eigenvalue weighted by atomic mass is 10.2. The number of aryl methyl sites for hydroxylation is 2. The molecule has 1 heterocycles. The fraction of sp³-hybridized carbons (Fsp3) is 0.333. The van der Waals surface area contributed by atoms with Crippen LogP contribution in [-0.4, -0.2) is 17.6 Å². The topological polar surface area (TPSA) is 51.2 Å². The fourth-order valence-electron chi connectivity index (χ4n) is 1.84. The molecule has 5 heteroatoms. The van der Waals surface area contributed by atoms with E-state index in [4.69, 9.17) is 4.74 Å². The zero-order chi connectivity index (χ0) is 14.5. The number of hydrogen-bond acceptors (Lipinski definition) is 5. The molecule has 0 amide bonds. The lowest BCUT2D eigenvalue weighted by Gasteiger charge is -2.17. The number of esters is 1. The summed E-state index contributed by atoms with van der Waals surface area (Å²) >= 11 is 1.46. The minimum atomic E-state index is -0.560. The highest BCUT2D eigenvalue weighted by atomic mass is 32.1. The van der Waals surface area contributed by atoms with Crippen LogP contribution in [0.4, 0.5) is 5.69 Å². The Kier molecular flexibility index (Phi) is 4.74. The van der Waals surface area contributed by atoms with Gasteiger partial charge in [0.25, 0.3) is 0 Å². The molecule has 106 valence electrons. The molecular weight excluding hydrogens is 272 g/mol. The lowest BCUT2D eigenvalue weighted by Crippen LogP contribution is -2.23. The summed E-state index contributed by atoms with van der Waals surface area (Å²) in [5, 5.41) is 5.89. The third kappa shape index (κ3) is 3.36. The molecule has 2 aromatic rings. The molecule has 0 spiro atoms. The maximum atomic E-state index is 12.2. The smallest absolute Gasteiger partial charge is 0.335 e. The van der Waals surface area contributed by atoms with Crippen LogP contribution in [-0.2, 0) is 9.53 Å². The fourth-order valence-corrected chi connectivity index (χ4v) is 2.67. The summed E-state index contributed by atoms with van der Waals surface area (Å²) in [6.07, 6.45) is 0. The number of thiazole rings is 1. The van der Waals surface area contributed by atoms with Gasteiger partial charge >= 0.3 is 5.97 Å². The number of aromatic nitrogens is 1. The summed E-state index contributed by atoms with van der Waals surface area (Å²) in [6.45, 7) is 6.07. The van der Waals surface area contributed by atoms with Crippen molar-refractivity contribution in [3.8, 4) is 0 Å². The largest absolute Gasteiger partial charge is 0.464 e. The number of hydrogen-bond donors (Lipinski definition) is 1. The van der Waals surface area contributed by atoms with E-state index in [-0.39, 0.29) is 5.97 Å². The third-order valence-electron chi connectivity index (χ3n) is 2.85. The van der Waals surface area contributed by atoms with Crippen LogP contribution in [0.1, 0.15) is 29.2 Å². The van der Waals surface area contributed by atoms with E-state index in [1.807, 2.05) is 43.5 Å². The molecule has 0 fully saturated rings. The summed E-state index contributed by atoms with van der Waals surface area (Å²) in [7, 11) is 0. The van der Waals surface area contributed by atoms with E-state index in [0.29, 0.717) is 6.61 Å². The molecule has 1 unspecified atom stereocenters. The molecule has 0 radical (unpaired) electrons. The Balaban J connectivity index is 2.27. The molecule has 1 aromatic carbocycles. The van der Waals surface area contributed by atoms with Crippen molar-refractivity contribution in [2.24, 2.45) is 0 Å². The van der Waals surface area contributed by atoms with Crippen molar-refractivity contribution >= 4 is 23.0 Å². The molecule has 0 aliphatic carbocycles. The average Bonchev–Trinajstić information content (AvgIpc) is 2.84. The van der Waals surface area contributed by atoms with Crippen molar-refractivity contribution in [1.82, 2.24) is 4.98 Å². The zero-order valence-corrected chi connectivity index (χ0v) is 12.7. The van der Waals surface area contributed by atoms with Gasteiger partial charge in [-0.05, 0) is 32.4 Å². The highest BCUT2D eigenvalue weighted by Crippen LogP contribution is 2.25. The molecular formula is C15H18N2O2S. The van der Waals surface area contributed by atoms with Crippen LogP contribution < -0.4 is 5.32 Å². The van der Waals surface area contributed by atoms with E-state index in [2.05, 4.69) is 10.3 Å². The lowest BCUT2D eigenvalue weighted by molar-refractivity contribution is -0.144. The first-order valence-electron chi connectivity index (χ1n) is 6.52. The quantitative estimate of drug-likeness (QED) is 0.857. The summed E-state index contributed by atoms with van der Waals surface area (Å²) in [6, 6.07) is 7.28. The van der Waals surface area contributed by atoms with Crippen LogP contribution >= 0.6 is 11.3 Å². The predicted molar refractivity (Wildman–Crippen MR) is 81.0 cm³/mol. The molecule has 0 saturated carbocycles. The van der Waals surface area contributed by atoms with Gasteiger partial charge in [-0.2, -0.15) is 0 Å². The zero-order valence-electron chi connectivity index (χ0n) is 11.8. The number of nitrogens with zero attached hydrogens (tertiary/aromatic N) is 1. The second-order valence-corrected chi connectivity index (χ2v) is 5.36. The van der Waals surface area contributed by atoms with E-state index >= 15 is 0 Å². The second kappa shape index (κ2) is 6.52. The number of anilines is 1. The van der Waals surface area contributed by atoms with E-state index in [1.54, 1.807) is 6.92 Å². The Morgan fingerprint density at radius 2 is 2.15 bits per heavy atom. The molecule has 1 N–H and O–H groups in total. The van der Waals surface area contributed by atoms with Crippen molar-refractivity contribution < 1.29 is 9.53 Å². The highest BCUT2D eigenvalue weighted by Gasteiger charge is 2.25. The van der Waals surface area contributed by atoms with Gasteiger partial charge in [-0.25, -0.2) is 9.78 Å². The first kappa shape index (κ1) is 14.5. The summed E-state index contributed by atoms with van der Waals surface area (Å²) < 4.78 is 5.15.